The van der Waals surface area contributed by atoms with Gasteiger partial charge in [0.25, 0.3) is 0 Å². The van der Waals surface area contributed by atoms with Crippen LogP contribution in [-0.4, -0.2) is 39.0 Å². The number of hydrogen-bond acceptors (Lipinski definition) is 7. The molecule has 1 aromatic carbocycles. The van der Waals surface area contributed by atoms with Crippen LogP contribution in [0.3, 0.4) is 0 Å². The van der Waals surface area contributed by atoms with E-state index in [0.29, 0.717) is 28.2 Å². The molecule has 0 aliphatic heterocycles. The van der Waals surface area contributed by atoms with Crippen LogP contribution in [-0.2, 0) is 29.4 Å². The van der Waals surface area contributed by atoms with Gasteiger partial charge in [-0.25, -0.2) is 4.79 Å². The summed E-state index contributed by atoms with van der Waals surface area (Å²) < 4.78 is 7.22. The molecule has 1 N–H and O–H groups in total. The minimum atomic E-state index is -0.351. The Labute approximate surface area is 214 Å². The number of thiophene rings is 1. The van der Waals surface area contributed by atoms with Gasteiger partial charge in [-0.2, -0.15) is 0 Å². The first-order chi connectivity index (χ1) is 16.9. The first kappa shape index (κ1) is 25.4. The maximum absolute atomic E-state index is 12.9. The van der Waals surface area contributed by atoms with Crippen molar-refractivity contribution in [3.8, 4) is 11.4 Å². The number of anilines is 1. The van der Waals surface area contributed by atoms with E-state index in [1.54, 1.807) is 6.92 Å². The number of hydrogen-bond donors (Lipinski definition) is 1. The van der Waals surface area contributed by atoms with Crippen LogP contribution in [0.2, 0.25) is 0 Å². The molecular formula is C26H32N4O3S2. The van der Waals surface area contributed by atoms with Crippen LogP contribution in [0.15, 0.2) is 29.4 Å². The number of thioether (sulfide) groups is 1. The SMILES string of the molecule is CCOC(=O)c1c(NC(=O)CSc2nnc(-c3ccc(C(C)C)cc3)n2C)sc2c1CCCCC2. The number of rotatable bonds is 8. The number of fused-ring (bicyclic) bond motifs is 1. The summed E-state index contributed by atoms with van der Waals surface area (Å²) in [4.78, 5) is 26.8. The van der Waals surface area contributed by atoms with Crippen molar-refractivity contribution < 1.29 is 14.3 Å². The van der Waals surface area contributed by atoms with Gasteiger partial charge in [-0.05, 0) is 49.7 Å². The summed E-state index contributed by atoms with van der Waals surface area (Å²) in [6.45, 7) is 6.44. The standard InChI is InChI=1S/C26H32N4O3S2/c1-5-33-25(32)22-19-9-7-6-8-10-20(19)35-24(22)27-21(31)15-34-26-29-28-23(30(26)4)18-13-11-17(12-14-18)16(2)3/h11-14,16H,5-10,15H2,1-4H3,(H,27,31). The number of benzene rings is 1. The molecule has 35 heavy (non-hydrogen) atoms. The number of carbonyl (C=O) groups is 2. The smallest absolute Gasteiger partial charge is 0.341 e. The molecule has 1 aliphatic rings. The molecule has 0 atom stereocenters. The van der Waals surface area contributed by atoms with Gasteiger partial charge in [-0.3, -0.25) is 4.79 Å². The van der Waals surface area contributed by atoms with E-state index in [1.165, 1.54) is 33.5 Å². The number of aromatic nitrogens is 3. The largest absolute Gasteiger partial charge is 0.462 e. The predicted molar refractivity (Wildman–Crippen MR) is 141 cm³/mol. The number of ether oxygens (including phenoxy) is 1. The molecule has 0 saturated heterocycles. The van der Waals surface area contributed by atoms with Crippen LogP contribution in [0.25, 0.3) is 11.4 Å². The lowest BCUT2D eigenvalue weighted by molar-refractivity contribution is -0.113. The van der Waals surface area contributed by atoms with Crippen molar-refractivity contribution in [3.63, 3.8) is 0 Å². The maximum Gasteiger partial charge on any atom is 0.341 e. The molecule has 3 aromatic rings. The first-order valence-corrected chi connectivity index (χ1v) is 13.9. The summed E-state index contributed by atoms with van der Waals surface area (Å²) in [5, 5.41) is 12.9. The van der Waals surface area contributed by atoms with Gasteiger partial charge in [0, 0.05) is 17.5 Å². The lowest BCUT2D eigenvalue weighted by atomic mass is 10.0. The van der Waals surface area contributed by atoms with Crippen molar-refractivity contribution in [1.82, 2.24) is 14.8 Å². The van der Waals surface area contributed by atoms with Gasteiger partial charge in [0.2, 0.25) is 5.91 Å². The zero-order valence-corrected chi connectivity index (χ0v) is 22.4. The number of nitrogens with zero attached hydrogens (tertiary/aromatic N) is 3. The van der Waals surface area contributed by atoms with Crippen LogP contribution < -0.4 is 5.32 Å². The van der Waals surface area contributed by atoms with Crippen molar-refractivity contribution in [2.75, 3.05) is 17.7 Å². The molecule has 0 fully saturated rings. The number of nitrogens with one attached hydrogen (secondary N) is 1. The third-order valence-corrected chi connectivity index (χ3v) is 8.38. The van der Waals surface area contributed by atoms with Crippen LogP contribution in [0, 0.1) is 0 Å². The monoisotopic (exact) mass is 512 g/mol. The molecule has 0 radical (unpaired) electrons. The normalized spacial score (nSPS) is 13.4. The molecule has 9 heteroatoms. The molecule has 2 aromatic heterocycles. The van der Waals surface area contributed by atoms with Crippen molar-refractivity contribution >= 4 is 40.0 Å². The van der Waals surface area contributed by atoms with Gasteiger partial charge in [-0.15, -0.1) is 21.5 Å². The van der Waals surface area contributed by atoms with E-state index in [-0.39, 0.29) is 17.6 Å². The Balaban J connectivity index is 1.45. The van der Waals surface area contributed by atoms with Crippen molar-refractivity contribution in [2.45, 2.75) is 63.9 Å². The predicted octanol–water partition coefficient (Wildman–Crippen LogP) is 5.84. The van der Waals surface area contributed by atoms with Crippen LogP contribution in [0.4, 0.5) is 5.00 Å². The highest BCUT2D eigenvalue weighted by atomic mass is 32.2. The van der Waals surface area contributed by atoms with Gasteiger partial charge in [-0.1, -0.05) is 56.3 Å². The van der Waals surface area contributed by atoms with Gasteiger partial charge in [0.15, 0.2) is 11.0 Å². The summed E-state index contributed by atoms with van der Waals surface area (Å²) in [6.07, 6.45) is 5.10. The quantitative estimate of drug-likeness (QED) is 0.232. The molecule has 2 heterocycles. The molecular weight excluding hydrogens is 480 g/mol. The van der Waals surface area contributed by atoms with E-state index in [2.05, 4.69) is 53.6 Å². The average Bonchev–Trinajstić information content (AvgIpc) is 3.28. The Hall–Kier alpha value is -2.65. The highest BCUT2D eigenvalue weighted by Crippen LogP contribution is 2.38. The molecule has 0 saturated carbocycles. The second-order valence-corrected chi connectivity index (χ2v) is 11.0. The van der Waals surface area contributed by atoms with Gasteiger partial charge in [0.05, 0.1) is 17.9 Å². The lowest BCUT2D eigenvalue weighted by Crippen LogP contribution is -2.17. The molecule has 4 rings (SSSR count). The third kappa shape index (κ3) is 5.78. The molecule has 0 spiro atoms. The van der Waals surface area contributed by atoms with Crippen molar-refractivity contribution in [1.29, 1.82) is 0 Å². The first-order valence-electron chi connectivity index (χ1n) is 12.1. The molecule has 1 amide bonds. The van der Waals surface area contributed by atoms with E-state index in [1.807, 2.05) is 11.6 Å². The summed E-state index contributed by atoms with van der Waals surface area (Å²) in [7, 11) is 1.90. The van der Waals surface area contributed by atoms with Crippen LogP contribution >= 0.6 is 23.1 Å². The van der Waals surface area contributed by atoms with Crippen LogP contribution in [0.5, 0.6) is 0 Å². The summed E-state index contributed by atoms with van der Waals surface area (Å²) in [5.74, 6) is 0.869. The number of amides is 1. The fourth-order valence-corrected chi connectivity index (χ4v) is 6.26. The average molecular weight is 513 g/mol. The minimum Gasteiger partial charge on any atom is -0.462 e. The highest BCUT2D eigenvalue weighted by Gasteiger charge is 2.26. The Morgan fingerprint density at radius 3 is 2.60 bits per heavy atom. The Morgan fingerprint density at radius 1 is 1.14 bits per heavy atom. The van der Waals surface area contributed by atoms with E-state index < -0.39 is 0 Å². The van der Waals surface area contributed by atoms with Crippen LogP contribution in [0.1, 0.15) is 72.3 Å². The zero-order chi connectivity index (χ0) is 24.9. The molecule has 1 aliphatic carbocycles. The van der Waals surface area contributed by atoms with Gasteiger partial charge >= 0.3 is 5.97 Å². The fourth-order valence-electron chi connectivity index (χ4n) is 4.25. The van der Waals surface area contributed by atoms with E-state index in [4.69, 9.17) is 4.74 Å². The minimum absolute atomic E-state index is 0.170. The Kier molecular flexibility index (Phi) is 8.28. The summed E-state index contributed by atoms with van der Waals surface area (Å²) in [5.41, 5.74) is 3.85. The molecule has 0 bridgehead atoms. The summed E-state index contributed by atoms with van der Waals surface area (Å²) in [6, 6.07) is 8.33. The molecule has 7 nitrogen and oxygen atoms in total. The van der Waals surface area contributed by atoms with E-state index in [0.717, 1.165) is 49.1 Å². The van der Waals surface area contributed by atoms with Gasteiger partial charge in [0.1, 0.15) is 5.00 Å². The highest BCUT2D eigenvalue weighted by molar-refractivity contribution is 7.99. The molecule has 186 valence electrons. The Morgan fingerprint density at radius 2 is 1.89 bits per heavy atom. The fraction of sp³-hybridized carbons (Fsp3) is 0.462. The Bertz CT molecular complexity index is 1200. The number of esters is 1. The molecule has 0 unspecified atom stereocenters. The summed E-state index contributed by atoms with van der Waals surface area (Å²) >= 11 is 2.84. The second-order valence-electron chi connectivity index (χ2n) is 8.97. The van der Waals surface area contributed by atoms with Crippen molar-refractivity contribution in [2.24, 2.45) is 7.05 Å². The lowest BCUT2D eigenvalue weighted by Gasteiger charge is -2.09. The van der Waals surface area contributed by atoms with Crippen molar-refractivity contribution in [3.05, 3.63) is 45.8 Å². The van der Waals surface area contributed by atoms with Gasteiger partial charge < -0.3 is 14.6 Å². The number of carbonyl (C=O) groups excluding carboxylic acids is 2. The second kappa shape index (κ2) is 11.4. The maximum atomic E-state index is 12.9. The topological polar surface area (TPSA) is 86.1 Å². The third-order valence-electron chi connectivity index (χ3n) is 6.16. The number of aryl methyl sites for hydroxylation is 1. The zero-order valence-electron chi connectivity index (χ0n) is 20.7. The van der Waals surface area contributed by atoms with E-state index in [9.17, 15) is 9.59 Å². The van der Waals surface area contributed by atoms with E-state index >= 15 is 0 Å².